The molecule has 0 spiro atoms. The average Bonchev–Trinajstić information content (AvgIpc) is 3.08. The Morgan fingerprint density at radius 1 is 1.24 bits per heavy atom. The van der Waals surface area contributed by atoms with Gasteiger partial charge in [0.1, 0.15) is 0 Å². The number of hydrogen-bond acceptors (Lipinski definition) is 3. The molecule has 1 fully saturated rings. The van der Waals surface area contributed by atoms with Gasteiger partial charge in [0, 0.05) is 17.6 Å². The zero-order chi connectivity index (χ0) is 11.9. The maximum Gasteiger partial charge on any atom is 0.0889 e. The van der Waals surface area contributed by atoms with Crippen molar-refractivity contribution < 1.29 is 0 Å². The van der Waals surface area contributed by atoms with E-state index in [4.69, 9.17) is 4.98 Å². The van der Waals surface area contributed by atoms with Crippen LogP contribution in [0.4, 0.5) is 0 Å². The minimum Gasteiger partial charge on any atom is -0.304 e. The van der Waals surface area contributed by atoms with Crippen molar-refractivity contribution in [3.05, 3.63) is 36.3 Å². The third kappa shape index (κ3) is 1.91. The van der Waals surface area contributed by atoms with E-state index in [2.05, 4.69) is 36.3 Å². The van der Waals surface area contributed by atoms with E-state index in [1.165, 1.54) is 12.8 Å². The van der Waals surface area contributed by atoms with E-state index < -0.39 is 0 Å². The number of nitrogens with zero attached hydrogens (tertiary/aromatic N) is 2. The summed E-state index contributed by atoms with van der Waals surface area (Å²) in [7, 11) is 0. The molecular weight excluding hydrogens is 210 g/mol. The highest BCUT2D eigenvalue weighted by Crippen LogP contribution is 2.45. The second-order valence-electron chi connectivity index (χ2n) is 5.15. The molecule has 88 valence electrons. The molecule has 1 saturated carbocycles. The molecule has 0 radical (unpaired) electrons. The first-order chi connectivity index (χ1) is 8.20. The lowest BCUT2D eigenvalue weighted by molar-refractivity contribution is 0.453. The van der Waals surface area contributed by atoms with Crippen LogP contribution in [0.1, 0.15) is 32.4 Å². The summed E-state index contributed by atoms with van der Waals surface area (Å²) in [6.45, 7) is 4.37. The molecule has 1 aliphatic rings. The van der Waals surface area contributed by atoms with Crippen molar-refractivity contribution >= 4 is 10.9 Å². The van der Waals surface area contributed by atoms with Gasteiger partial charge in [-0.05, 0) is 38.8 Å². The molecule has 3 rings (SSSR count). The normalized spacial score (nSPS) is 17.6. The first-order valence-electron chi connectivity index (χ1n) is 6.19. The quantitative estimate of drug-likeness (QED) is 0.876. The highest BCUT2D eigenvalue weighted by Gasteiger charge is 2.45. The van der Waals surface area contributed by atoms with E-state index in [1.807, 2.05) is 18.5 Å². The van der Waals surface area contributed by atoms with Gasteiger partial charge in [-0.1, -0.05) is 6.07 Å². The van der Waals surface area contributed by atoms with Gasteiger partial charge in [0.15, 0.2) is 0 Å². The van der Waals surface area contributed by atoms with Crippen LogP contribution in [0.25, 0.3) is 10.9 Å². The maximum atomic E-state index is 4.74. The predicted molar refractivity (Wildman–Crippen MR) is 68.7 cm³/mol. The third-order valence-electron chi connectivity index (χ3n) is 3.30. The minimum absolute atomic E-state index is 0.123. The Bertz CT molecular complexity index is 544. The van der Waals surface area contributed by atoms with Crippen LogP contribution in [-0.2, 0) is 5.54 Å². The molecule has 0 saturated heterocycles. The van der Waals surface area contributed by atoms with Crippen LogP contribution in [0.2, 0.25) is 0 Å². The lowest BCUT2D eigenvalue weighted by atomic mass is 10.1. The minimum atomic E-state index is 0.123. The van der Waals surface area contributed by atoms with E-state index in [0.717, 1.165) is 16.6 Å². The van der Waals surface area contributed by atoms with Crippen molar-refractivity contribution in [2.24, 2.45) is 0 Å². The van der Waals surface area contributed by atoms with Crippen molar-refractivity contribution in [2.75, 3.05) is 0 Å². The standard InChI is InChI=1S/C14H17N3/c1-10(2)17-14(6-7-14)13-4-3-11-5-8-15-9-12(11)16-13/h3-5,8-10,17H,6-7H2,1-2H3. The molecule has 0 aliphatic heterocycles. The van der Waals surface area contributed by atoms with Gasteiger partial charge in [-0.2, -0.15) is 0 Å². The lowest BCUT2D eigenvalue weighted by Crippen LogP contribution is -2.35. The molecule has 0 bridgehead atoms. The molecule has 17 heavy (non-hydrogen) atoms. The van der Waals surface area contributed by atoms with Crippen LogP contribution in [0.3, 0.4) is 0 Å². The average molecular weight is 227 g/mol. The zero-order valence-corrected chi connectivity index (χ0v) is 10.3. The molecular formula is C14H17N3. The van der Waals surface area contributed by atoms with Gasteiger partial charge < -0.3 is 5.32 Å². The number of fused-ring (bicyclic) bond motifs is 1. The molecule has 2 heterocycles. The molecule has 2 aromatic heterocycles. The van der Waals surface area contributed by atoms with Crippen molar-refractivity contribution in [1.29, 1.82) is 0 Å². The first kappa shape index (κ1) is 10.7. The van der Waals surface area contributed by atoms with Gasteiger partial charge in [-0.15, -0.1) is 0 Å². The van der Waals surface area contributed by atoms with E-state index in [-0.39, 0.29) is 5.54 Å². The zero-order valence-electron chi connectivity index (χ0n) is 10.3. The summed E-state index contributed by atoms with van der Waals surface area (Å²) in [5.41, 5.74) is 2.27. The van der Waals surface area contributed by atoms with E-state index in [0.29, 0.717) is 6.04 Å². The van der Waals surface area contributed by atoms with Crippen LogP contribution >= 0.6 is 0 Å². The van der Waals surface area contributed by atoms with Crippen LogP contribution in [0.15, 0.2) is 30.6 Å². The summed E-state index contributed by atoms with van der Waals surface area (Å²) in [4.78, 5) is 8.87. The van der Waals surface area contributed by atoms with Crippen molar-refractivity contribution in [2.45, 2.75) is 38.3 Å². The first-order valence-corrected chi connectivity index (χ1v) is 6.19. The third-order valence-corrected chi connectivity index (χ3v) is 3.30. The number of pyridine rings is 2. The fraction of sp³-hybridized carbons (Fsp3) is 0.429. The van der Waals surface area contributed by atoms with Gasteiger partial charge in [0.05, 0.1) is 22.9 Å². The second-order valence-corrected chi connectivity index (χ2v) is 5.15. The Labute approximate surface area is 101 Å². The van der Waals surface area contributed by atoms with Gasteiger partial charge in [-0.3, -0.25) is 4.98 Å². The van der Waals surface area contributed by atoms with E-state index >= 15 is 0 Å². The molecule has 2 aromatic rings. The fourth-order valence-electron chi connectivity index (χ4n) is 2.39. The van der Waals surface area contributed by atoms with Gasteiger partial charge in [0.2, 0.25) is 0 Å². The van der Waals surface area contributed by atoms with Crippen LogP contribution in [0, 0.1) is 0 Å². The number of hydrogen-bond donors (Lipinski definition) is 1. The van der Waals surface area contributed by atoms with E-state index in [1.54, 1.807) is 0 Å². The van der Waals surface area contributed by atoms with Crippen molar-refractivity contribution in [1.82, 2.24) is 15.3 Å². The highest BCUT2D eigenvalue weighted by atomic mass is 15.1. The van der Waals surface area contributed by atoms with E-state index in [9.17, 15) is 0 Å². The number of rotatable bonds is 3. The molecule has 1 aliphatic carbocycles. The summed E-state index contributed by atoms with van der Waals surface area (Å²) in [6, 6.07) is 6.78. The van der Waals surface area contributed by atoms with Gasteiger partial charge in [0.25, 0.3) is 0 Å². The molecule has 3 heteroatoms. The Morgan fingerprint density at radius 2 is 2.06 bits per heavy atom. The monoisotopic (exact) mass is 227 g/mol. The Morgan fingerprint density at radius 3 is 2.76 bits per heavy atom. The predicted octanol–water partition coefficient (Wildman–Crippen LogP) is 2.62. The van der Waals surface area contributed by atoms with Crippen LogP contribution < -0.4 is 5.32 Å². The molecule has 0 amide bonds. The smallest absolute Gasteiger partial charge is 0.0889 e. The van der Waals surface area contributed by atoms with Crippen molar-refractivity contribution in [3.63, 3.8) is 0 Å². The molecule has 0 aromatic carbocycles. The summed E-state index contributed by atoms with van der Waals surface area (Å²) < 4.78 is 0. The molecule has 0 atom stereocenters. The second kappa shape index (κ2) is 3.77. The number of aromatic nitrogens is 2. The molecule has 3 nitrogen and oxygen atoms in total. The summed E-state index contributed by atoms with van der Waals surface area (Å²) in [5.74, 6) is 0. The number of nitrogens with one attached hydrogen (secondary N) is 1. The maximum absolute atomic E-state index is 4.74. The topological polar surface area (TPSA) is 37.8 Å². The molecule has 1 N–H and O–H groups in total. The summed E-state index contributed by atoms with van der Waals surface area (Å²) in [5, 5.41) is 4.78. The SMILES string of the molecule is CC(C)NC1(c2ccc3ccncc3n2)CC1. The highest BCUT2D eigenvalue weighted by molar-refractivity contribution is 5.77. The Balaban J connectivity index is 2.01. The van der Waals surface area contributed by atoms with Crippen molar-refractivity contribution in [3.8, 4) is 0 Å². The van der Waals surface area contributed by atoms with Crippen LogP contribution in [0.5, 0.6) is 0 Å². The largest absolute Gasteiger partial charge is 0.304 e. The van der Waals surface area contributed by atoms with Crippen LogP contribution in [-0.4, -0.2) is 16.0 Å². The summed E-state index contributed by atoms with van der Waals surface area (Å²) >= 11 is 0. The Kier molecular flexibility index (Phi) is 2.37. The molecule has 0 unspecified atom stereocenters. The van der Waals surface area contributed by atoms with Gasteiger partial charge >= 0.3 is 0 Å². The summed E-state index contributed by atoms with van der Waals surface area (Å²) in [6.07, 6.45) is 6.02. The fourth-order valence-corrected chi connectivity index (χ4v) is 2.39. The lowest BCUT2D eigenvalue weighted by Gasteiger charge is -2.20. The van der Waals surface area contributed by atoms with Gasteiger partial charge in [-0.25, -0.2) is 4.98 Å². The Hall–Kier alpha value is -1.48.